The van der Waals surface area contributed by atoms with Crippen LogP contribution in [0.5, 0.6) is 0 Å². The predicted octanol–water partition coefficient (Wildman–Crippen LogP) is 2.01. The molecule has 0 saturated carbocycles. The molecular formula is C12H17N3. The number of hydrogen-bond donors (Lipinski definition) is 1. The van der Waals surface area contributed by atoms with Gasteiger partial charge in [-0.3, -0.25) is 4.99 Å². The molecular weight excluding hydrogens is 186 g/mol. The monoisotopic (exact) mass is 203 g/mol. The summed E-state index contributed by atoms with van der Waals surface area (Å²) in [5.41, 5.74) is 2.33. The smallest absolute Gasteiger partial charge is 0.0931 e. The van der Waals surface area contributed by atoms with Gasteiger partial charge < -0.3 is 10.2 Å². The van der Waals surface area contributed by atoms with Crippen LogP contribution in [-0.2, 0) is 6.54 Å². The fraction of sp³-hybridized carbons (Fsp3) is 0.250. The molecule has 15 heavy (non-hydrogen) atoms. The summed E-state index contributed by atoms with van der Waals surface area (Å²) in [6.07, 6.45) is 3.47. The van der Waals surface area contributed by atoms with Crippen molar-refractivity contribution in [1.29, 1.82) is 0 Å². The topological polar surface area (TPSA) is 27.6 Å². The molecule has 80 valence electrons. The summed E-state index contributed by atoms with van der Waals surface area (Å²) in [6, 6.07) is 8.28. The van der Waals surface area contributed by atoms with Gasteiger partial charge in [-0.05, 0) is 24.7 Å². The number of nitrogens with zero attached hydrogens (tertiary/aromatic N) is 2. The Kier molecular flexibility index (Phi) is 4.57. The van der Waals surface area contributed by atoms with Crippen LogP contribution in [0, 0.1) is 0 Å². The van der Waals surface area contributed by atoms with Gasteiger partial charge in [0.15, 0.2) is 0 Å². The fourth-order valence-corrected chi connectivity index (χ4v) is 1.33. The zero-order chi connectivity index (χ0) is 11.1. The van der Waals surface area contributed by atoms with Gasteiger partial charge in [-0.1, -0.05) is 18.7 Å². The molecule has 0 radical (unpaired) electrons. The maximum absolute atomic E-state index is 3.96. The summed E-state index contributed by atoms with van der Waals surface area (Å²) in [6.45, 7) is 4.62. The molecule has 3 heteroatoms. The fourth-order valence-electron chi connectivity index (χ4n) is 1.33. The first-order chi connectivity index (χ1) is 7.31. The second-order valence-corrected chi connectivity index (χ2v) is 3.16. The molecule has 0 heterocycles. The molecule has 0 unspecified atom stereocenters. The molecule has 0 bridgehead atoms. The Bertz CT molecular complexity index is 327. The number of anilines is 1. The van der Waals surface area contributed by atoms with Crippen molar-refractivity contribution in [3.63, 3.8) is 0 Å². The Morgan fingerprint density at radius 1 is 1.40 bits per heavy atom. The highest BCUT2D eigenvalue weighted by Gasteiger charge is 1.98. The molecule has 1 N–H and O–H groups in total. The van der Waals surface area contributed by atoms with Gasteiger partial charge >= 0.3 is 0 Å². The molecule has 1 rings (SSSR count). The van der Waals surface area contributed by atoms with Crippen molar-refractivity contribution in [2.45, 2.75) is 6.54 Å². The molecule has 1 aromatic rings. The van der Waals surface area contributed by atoms with E-state index in [1.807, 2.05) is 11.9 Å². The molecule has 3 nitrogen and oxygen atoms in total. The average molecular weight is 203 g/mol. The van der Waals surface area contributed by atoms with Crippen molar-refractivity contribution in [3.8, 4) is 0 Å². The van der Waals surface area contributed by atoms with Crippen molar-refractivity contribution in [2.24, 2.45) is 4.99 Å². The molecule has 0 spiro atoms. The van der Waals surface area contributed by atoms with Gasteiger partial charge in [0.1, 0.15) is 0 Å². The van der Waals surface area contributed by atoms with Crippen LogP contribution >= 0.6 is 0 Å². The summed E-state index contributed by atoms with van der Waals surface area (Å²) in [5, 5.41) is 3.11. The summed E-state index contributed by atoms with van der Waals surface area (Å²) in [4.78, 5) is 5.84. The van der Waals surface area contributed by atoms with E-state index in [1.165, 1.54) is 5.56 Å². The van der Waals surface area contributed by atoms with Crippen LogP contribution in [0.3, 0.4) is 0 Å². The van der Waals surface area contributed by atoms with E-state index < -0.39 is 0 Å². The van der Waals surface area contributed by atoms with E-state index in [4.69, 9.17) is 0 Å². The first-order valence-electron chi connectivity index (χ1n) is 4.88. The van der Waals surface area contributed by atoms with Crippen molar-refractivity contribution < 1.29 is 0 Å². The van der Waals surface area contributed by atoms with Gasteiger partial charge in [0.05, 0.1) is 6.34 Å². The molecule has 0 saturated heterocycles. The summed E-state index contributed by atoms with van der Waals surface area (Å²) in [7, 11) is 3.68. The van der Waals surface area contributed by atoms with E-state index in [2.05, 4.69) is 41.2 Å². The minimum absolute atomic E-state index is 0.885. The van der Waals surface area contributed by atoms with Crippen LogP contribution in [0.4, 0.5) is 5.69 Å². The average Bonchev–Trinajstić information content (AvgIpc) is 2.28. The summed E-state index contributed by atoms with van der Waals surface area (Å²) in [5.74, 6) is 0. The lowest BCUT2D eigenvalue weighted by Gasteiger charge is -2.14. The van der Waals surface area contributed by atoms with Gasteiger partial charge in [0, 0.05) is 25.5 Å². The highest BCUT2D eigenvalue weighted by molar-refractivity contribution is 5.81. The molecule has 1 aromatic carbocycles. The molecule has 0 aliphatic heterocycles. The first kappa shape index (κ1) is 11.5. The standard InChI is InChI=1S/C12H17N3/c1-4-15(10-14-3)12-7-5-11(6-8-12)9-13-2/h4-8,10,13H,1,9H2,2-3H3. The maximum Gasteiger partial charge on any atom is 0.0931 e. The van der Waals surface area contributed by atoms with Crippen molar-refractivity contribution in [3.05, 3.63) is 42.6 Å². The van der Waals surface area contributed by atoms with E-state index in [1.54, 1.807) is 19.6 Å². The predicted molar refractivity (Wildman–Crippen MR) is 66.3 cm³/mol. The third-order valence-corrected chi connectivity index (χ3v) is 2.05. The lowest BCUT2D eigenvalue weighted by molar-refractivity contribution is 0.818. The maximum atomic E-state index is 3.96. The number of benzene rings is 1. The molecule has 0 amide bonds. The number of aliphatic imine (C=N–C) groups is 1. The van der Waals surface area contributed by atoms with E-state index >= 15 is 0 Å². The van der Waals surface area contributed by atoms with Crippen LogP contribution in [0.15, 0.2) is 42.0 Å². The molecule has 0 aliphatic rings. The SMILES string of the molecule is C=CN(C=NC)c1ccc(CNC)cc1. The van der Waals surface area contributed by atoms with Gasteiger partial charge in [0.25, 0.3) is 0 Å². The van der Waals surface area contributed by atoms with Gasteiger partial charge in [0.2, 0.25) is 0 Å². The van der Waals surface area contributed by atoms with Gasteiger partial charge in [-0.2, -0.15) is 0 Å². The lowest BCUT2D eigenvalue weighted by atomic mass is 10.2. The Morgan fingerprint density at radius 2 is 2.07 bits per heavy atom. The van der Waals surface area contributed by atoms with E-state index in [-0.39, 0.29) is 0 Å². The van der Waals surface area contributed by atoms with Crippen LogP contribution < -0.4 is 10.2 Å². The normalized spacial score (nSPS) is 10.5. The van der Waals surface area contributed by atoms with Crippen LogP contribution in [0.2, 0.25) is 0 Å². The van der Waals surface area contributed by atoms with Crippen LogP contribution in [-0.4, -0.2) is 20.4 Å². The third-order valence-electron chi connectivity index (χ3n) is 2.05. The van der Waals surface area contributed by atoms with E-state index in [0.717, 1.165) is 12.2 Å². The highest BCUT2D eigenvalue weighted by Crippen LogP contribution is 2.14. The van der Waals surface area contributed by atoms with Crippen molar-refractivity contribution in [2.75, 3.05) is 19.0 Å². The van der Waals surface area contributed by atoms with Gasteiger partial charge in [-0.25, -0.2) is 0 Å². The van der Waals surface area contributed by atoms with Crippen LogP contribution in [0.1, 0.15) is 5.56 Å². The molecule has 0 aliphatic carbocycles. The minimum atomic E-state index is 0.885. The highest BCUT2D eigenvalue weighted by atomic mass is 15.1. The van der Waals surface area contributed by atoms with Crippen molar-refractivity contribution in [1.82, 2.24) is 5.32 Å². The van der Waals surface area contributed by atoms with E-state index in [0.29, 0.717) is 0 Å². The second-order valence-electron chi connectivity index (χ2n) is 3.16. The summed E-state index contributed by atoms with van der Waals surface area (Å²) < 4.78 is 0. The minimum Gasteiger partial charge on any atom is -0.316 e. The van der Waals surface area contributed by atoms with Gasteiger partial charge in [-0.15, -0.1) is 0 Å². The quantitative estimate of drug-likeness (QED) is 0.585. The third kappa shape index (κ3) is 3.22. The second kappa shape index (κ2) is 5.98. The Balaban J connectivity index is 2.81. The Labute approximate surface area is 91.1 Å². The Hall–Kier alpha value is -1.61. The summed E-state index contributed by atoms with van der Waals surface area (Å²) >= 11 is 0. The number of nitrogens with one attached hydrogen (secondary N) is 1. The Morgan fingerprint density at radius 3 is 2.53 bits per heavy atom. The van der Waals surface area contributed by atoms with E-state index in [9.17, 15) is 0 Å². The largest absolute Gasteiger partial charge is 0.316 e. The number of hydrogen-bond acceptors (Lipinski definition) is 2. The van der Waals surface area contributed by atoms with Crippen molar-refractivity contribution >= 4 is 12.0 Å². The molecule has 0 fully saturated rings. The first-order valence-corrected chi connectivity index (χ1v) is 4.88. The molecule has 0 atom stereocenters. The van der Waals surface area contributed by atoms with Crippen LogP contribution in [0.25, 0.3) is 0 Å². The zero-order valence-corrected chi connectivity index (χ0v) is 9.27. The number of rotatable bonds is 5. The molecule has 0 aromatic heterocycles. The lowest BCUT2D eigenvalue weighted by Crippen LogP contribution is -2.12. The zero-order valence-electron chi connectivity index (χ0n) is 9.27.